The Kier molecular flexibility index (Phi) is 9.43. The van der Waals surface area contributed by atoms with Crippen LogP contribution in [0.4, 0.5) is 4.79 Å². The highest BCUT2D eigenvalue weighted by atomic mass is 16.6. The van der Waals surface area contributed by atoms with Gasteiger partial charge < -0.3 is 20.7 Å². The second kappa shape index (κ2) is 11.3. The summed E-state index contributed by atoms with van der Waals surface area (Å²) in [4.78, 5) is 15.7. The lowest BCUT2D eigenvalue weighted by molar-refractivity contribution is 0.0527. The smallest absolute Gasteiger partial charge is 0.407 e. The second-order valence-electron chi connectivity index (χ2n) is 6.80. The van der Waals surface area contributed by atoms with E-state index >= 15 is 0 Å². The van der Waals surface area contributed by atoms with Crippen LogP contribution in [0.5, 0.6) is 0 Å². The van der Waals surface area contributed by atoms with E-state index in [1.165, 1.54) is 5.56 Å². The standard InChI is InChI=1S/C19H32N4O2/c1-19(2,3)25-18(24)23-15-9-14-22-17(20-4)21-13-8-12-16-10-6-5-7-11-16/h5-7,10-11H,8-9,12-15H2,1-4H3,(H,23,24)(H2,20,21,22). The zero-order valence-corrected chi connectivity index (χ0v) is 15.9. The molecule has 1 aromatic carbocycles. The van der Waals surface area contributed by atoms with E-state index < -0.39 is 5.60 Å². The lowest BCUT2D eigenvalue weighted by Crippen LogP contribution is -2.39. The Hall–Kier alpha value is -2.24. The molecular weight excluding hydrogens is 316 g/mol. The van der Waals surface area contributed by atoms with Crippen LogP contribution in [0.15, 0.2) is 35.3 Å². The summed E-state index contributed by atoms with van der Waals surface area (Å²) in [5, 5.41) is 9.27. The maximum absolute atomic E-state index is 11.5. The van der Waals surface area contributed by atoms with Crippen molar-refractivity contribution >= 4 is 12.1 Å². The molecular formula is C19H32N4O2. The maximum Gasteiger partial charge on any atom is 0.407 e. The predicted octanol–water partition coefficient (Wildman–Crippen LogP) is 2.70. The van der Waals surface area contributed by atoms with Gasteiger partial charge in [0, 0.05) is 26.7 Å². The number of amides is 1. The molecule has 6 heteroatoms. The van der Waals surface area contributed by atoms with E-state index in [1.54, 1.807) is 7.05 Å². The van der Waals surface area contributed by atoms with Crippen LogP contribution >= 0.6 is 0 Å². The number of hydrogen-bond acceptors (Lipinski definition) is 3. The maximum atomic E-state index is 11.5. The fourth-order valence-corrected chi connectivity index (χ4v) is 2.16. The van der Waals surface area contributed by atoms with Gasteiger partial charge in [-0.15, -0.1) is 0 Å². The molecule has 0 aliphatic heterocycles. The zero-order chi connectivity index (χ0) is 18.5. The quantitative estimate of drug-likeness (QED) is 0.384. The first kappa shape index (κ1) is 20.8. The first-order chi connectivity index (χ1) is 11.9. The summed E-state index contributed by atoms with van der Waals surface area (Å²) in [5.41, 5.74) is 0.883. The molecule has 140 valence electrons. The van der Waals surface area contributed by atoms with Crippen molar-refractivity contribution in [2.24, 2.45) is 4.99 Å². The molecule has 0 heterocycles. The monoisotopic (exact) mass is 348 g/mol. The molecule has 1 amide bonds. The number of ether oxygens (including phenoxy) is 1. The van der Waals surface area contributed by atoms with E-state index in [0.29, 0.717) is 6.54 Å². The van der Waals surface area contributed by atoms with Gasteiger partial charge in [0.25, 0.3) is 0 Å². The molecule has 1 rings (SSSR count). The van der Waals surface area contributed by atoms with Crippen LogP contribution in [0, 0.1) is 0 Å². The SMILES string of the molecule is CN=C(NCCCNC(=O)OC(C)(C)C)NCCCc1ccccc1. The summed E-state index contributed by atoms with van der Waals surface area (Å²) in [6.45, 7) is 7.70. The van der Waals surface area contributed by atoms with Crippen molar-refractivity contribution in [2.45, 2.75) is 45.6 Å². The summed E-state index contributed by atoms with van der Waals surface area (Å²) in [7, 11) is 1.76. The minimum atomic E-state index is -0.464. The molecule has 0 aliphatic carbocycles. The summed E-state index contributed by atoms with van der Waals surface area (Å²) >= 11 is 0. The number of nitrogens with zero attached hydrogens (tertiary/aromatic N) is 1. The van der Waals surface area contributed by atoms with Crippen LogP contribution in [-0.4, -0.2) is 44.3 Å². The van der Waals surface area contributed by atoms with Crippen molar-refractivity contribution in [1.82, 2.24) is 16.0 Å². The van der Waals surface area contributed by atoms with E-state index in [0.717, 1.165) is 38.3 Å². The molecule has 6 nitrogen and oxygen atoms in total. The lowest BCUT2D eigenvalue weighted by atomic mass is 10.1. The summed E-state index contributed by atoms with van der Waals surface area (Å²) in [5.74, 6) is 0.783. The van der Waals surface area contributed by atoms with E-state index in [9.17, 15) is 4.79 Å². The number of nitrogens with one attached hydrogen (secondary N) is 3. The van der Waals surface area contributed by atoms with Gasteiger partial charge in [-0.3, -0.25) is 4.99 Å². The van der Waals surface area contributed by atoms with E-state index in [1.807, 2.05) is 26.8 Å². The zero-order valence-electron chi connectivity index (χ0n) is 15.9. The second-order valence-corrected chi connectivity index (χ2v) is 6.80. The van der Waals surface area contributed by atoms with Crippen LogP contribution in [0.1, 0.15) is 39.2 Å². The highest BCUT2D eigenvalue weighted by molar-refractivity contribution is 5.79. The third kappa shape index (κ3) is 11.0. The minimum Gasteiger partial charge on any atom is -0.444 e. The highest BCUT2D eigenvalue weighted by Gasteiger charge is 2.15. The van der Waals surface area contributed by atoms with Crippen molar-refractivity contribution in [1.29, 1.82) is 0 Å². The Morgan fingerprint density at radius 3 is 2.20 bits per heavy atom. The molecule has 0 saturated carbocycles. The van der Waals surface area contributed by atoms with Gasteiger partial charge in [-0.05, 0) is 45.6 Å². The lowest BCUT2D eigenvalue weighted by Gasteiger charge is -2.19. The Labute approximate surface area is 151 Å². The molecule has 0 aromatic heterocycles. The molecule has 0 fully saturated rings. The van der Waals surface area contributed by atoms with Crippen LogP contribution in [-0.2, 0) is 11.2 Å². The third-order valence-electron chi connectivity index (χ3n) is 3.32. The van der Waals surface area contributed by atoms with E-state index in [2.05, 4.69) is 45.2 Å². The van der Waals surface area contributed by atoms with E-state index in [-0.39, 0.29) is 6.09 Å². The molecule has 0 bridgehead atoms. The number of aliphatic imine (C=N–C) groups is 1. The topological polar surface area (TPSA) is 74.8 Å². The van der Waals surface area contributed by atoms with Crippen LogP contribution in [0.25, 0.3) is 0 Å². The van der Waals surface area contributed by atoms with Gasteiger partial charge in [0.2, 0.25) is 0 Å². The molecule has 3 N–H and O–H groups in total. The molecule has 1 aromatic rings. The molecule has 0 unspecified atom stereocenters. The van der Waals surface area contributed by atoms with Gasteiger partial charge in [0.05, 0.1) is 0 Å². The fraction of sp³-hybridized carbons (Fsp3) is 0.579. The van der Waals surface area contributed by atoms with Gasteiger partial charge in [-0.25, -0.2) is 4.79 Å². The first-order valence-corrected chi connectivity index (χ1v) is 8.86. The number of rotatable bonds is 8. The Balaban J connectivity index is 2.07. The molecule has 0 saturated heterocycles. The Morgan fingerprint density at radius 2 is 1.60 bits per heavy atom. The number of alkyl carbamates (subject to hydrolysis) is 1. The number of guanidine groups is 1. The van der Waals surface area contributed by atoms with Gasteiger partial charge in [-0.1, -0.05) is 30.3 Å². The van der Waals surface area contributed by atoms with Crippen molar-refractivity contribution in [3.8, 4) is 0 Å². The number of carbonyl (C=O) groups excluding carboxylic acids is 1. The fourth-order valence-electron chi connectivity index (χ4n) is 2.16. The summed E-state index contributed by atoms with van der Waals surface area (Å²) < 4.78 is 5.18. The van der Waals surface area contributed by atoms with E-state index in [4.69, 9.17) is 4.74 Å². The van der Waals surface area contributed by atoms with Gasteiger partial charge >= 0.3 is 6.09 Å². The number of benzene rings is 1. The van der Waals surface area contributed by atoms with Crippen LogP contribution in [0.2, 0.25) is 0 Å². The Morgan fingerprint density at radius 1 is 1.00 bits per heavy atom. The molecule has 0 aliphatic rings. The number of carbonyl (C=O) groups is 1. The largest absolute Gasteiger partial charge is 0.444 e. The normalized spacial score (nSPS) is 11.8. The van der Waals surface area contributed by atoms with Crippen LogP contribution < -0.4 is 16.0 Å². The third-order valence-corrected chi connectivity index (χ3v) is 3.32. The predicted molar refractivity (Wildman–Crippen MR) is 103 cm³/mol. The summed E-state index contributed by atoms with van der Waals surface area (Å²) in [6, 6.07) is 10.4. The molecule has 25 heavy (non-hydrogen) atoms. The van der Waals surface area contributed by atoms with Crippen LogP contribution in [0.3, 0.4) is 0 Å². The average Bonchev–Trinajstić information content (AvgIpc) is 2.55. The molecule has 0 atom stereocenters. The average molecular weight is 348 g/mol. The van der Waals surface area contributed by atoms with Gasteiger partial charge in [-0.2, -0.15) is 0 Å². The summed E-state index contributed by atoms with van der Waals surface area (Å²) in [6.07, 6.45) is 2.51. The molecule has 0 spiro atoms. The van der Waals surface area contributed by atoms with Crippen molar-refractivity contribution in [2.75, 3.05) is 26.7 Å². The number of hydrogen-bond donors (Lipinski definition) is 3. The highest BCUT2D eigenvalue weighted by Crippen LogP contribution is 2.06. The minimum absolute atomic E-state index is 0.379. The Bertz CT molecular complexity index is 524. The van der Waals surface area contributed by atoms with Crippen molar-refractivity contribution in [3.63, 3.8) is 0 Å². The van der Waals surface area contributed by atoms with Gasteiger partial charge in [0.1, 0.15) is 5.60 Å². The van der Waals surface area contributed by atoms with Crippen molar-refractivity contribution in [3.05, 3.63) is 35.9 Å². The molecule has 0 radical (unpaired) electrons. The first-order valence-electron chi connectivity index (χ1n) is 8.86. The number of aryl methyl sites for hydroxylation is 1. The van der Waals surface area contributed by atoms with Gasteiger partial charge in [0.15, 0.2) is 5.96 Å². The van der Waals surface area contributed by atoms with Crippen molar-refractivity contribution < 1.29 is 9.53 Å².